The van der Waals surface area contributed by atoms with Crippen LogP contribution in [0.5, 0.6) is 0 Å². The summed E-state index contributed by atoms with van der Waals surface area (Å²) in [5.74, 6) is -0.950. The summed E-state index contributed by atoms with van der Waals surface area (Å²) < 4.78 is 11.3. The van der Waals surface area contributed by atoms with Crippen molar-refractivity contribution in [2.45, 2.75) is 200 Å². The van der Waals surface area contributed by atoms with Gasteiger partial charge in [0.1, 0.15) is 17.6 Å². The van der Waals surface area contributed by atoms with Crippen LogP contribution in [0.25, 0.3) is 0 Å². The molecule has 0 bridgehead atoms. The Hall–Kier alpha value is -0.0600. The Morgan fingerprint density at radius 3 is 0.947 bits per heavy atom. The molecule has 0 aromatic rings. The number of unbranched alkanes of at least 4 members (excludes halogenated alkanes) is 18. The summed E-state index contributed by atoms with van der Waals surface area (Å²) >= 11 is 0. The molecule has 38 heavy (non-hydrogen) atoms. The fourth-order valence-corrected chi connectivity index (χ4v) is 4.98. The van der Waals surface area contributed by atoms with Crippen LogP contribution in [0.4, 0.5) is 0 Å². The summed E-state index contributed by atoms with van der Waals surface area (Å²) in [4.78, 5) is 24.7. The molecule has 0 rings (SSSR count). The quantitative estimate of drug-likeness (QED) is 0.0467. The molecule has 222 valence electrons. The number of rotatable bonds is 26. The first-order valence-electron chi connectivity index (χ1n) is 16.1. The van der Waals surface area contributed by atoms with E-state index in [9.17, 15) is 9.59 Å². The third kappa shape index (κ3) is 27.5. The first kappa shape index (κ1) is 40.1. The molecule has 0 aromatic carbocycles. The van der Waals surface area contributed by atoms with Gasteiger partial charge in [-0.2, -0.15) is 0 Å². The molecule has 5 heteroatoms. The van der Waals surface area contributed by atoms with E-state index in [0.29, 0.717) is 0 Å². The van der Waals surface area contributed by atoms with Crippen molar-refractivity contribution in [3.8, 4) is 0 Å². The van der Waals surface area contributed by atoms with Gasteiger partial charge in [-0.15, -0.1) is 0 Å². The van der Waals surface area contributed by atoms with Gasteiger partial charge in [0.25, 0.3) is 0 Å². The Balaban J connectivity index is 0. The number of carbonyl (C=O) groups is 2. The monoisotopic (exact) mass is 548 g/mol. The summed E-state index contributed by atoms with van der Waals surface area (Å²) in [6.45, 7) is 12.3. The molecule has 0 amide bonds. The molecule has 0 spiro atoms. The average molecular weight is 549 g/mol. The van der Waals surface area contributed by atoms with Gasteiger partial charge in [0.15, 0.2) is 0 Å². The van der Waals surface area contributed by atoms with Crippen molar-refractivity contribution in [1.82, 2.24) is 0 Å². The normalized spacial score (nSPS) is 11.7. The minimum absolute atomic E-state index is 0. The third-order valence-electron chi connectivity index (χ3n) is 7.33. The number of hydrogen-bond donors (Lipinski definition) is 0. The predicted molar refractivity (Wildman–Crippen MR) is 165 cm³/mol. The number of hydrogen-bond acceptors (Lipinski definition) is 4. The molecule has 4 nitrogen and oxygen atoms in total. The van der Waals surface area contributed by atoms with Gasteiger partial charge in [-0.25, -0.2) is 0 Å². The zero-order chi connectivity index (χ0) is 27.8. The molecule has 0 aliphatic carbocycles. The molecule has 0 radical (unpaired) electrons. The summed E-state index contributed by atoms with van der Waals surface area (Å²) in [6, 6.07) is 0. The van der Waals surface area contributed by atoms with Gasteiger partial charge in [-0.05, 0) is 53.4 Å². The molecular formula is C33H65NaO4. The first-order chi connectivity index (χ1) is 17.6. The maximum atomic E-state index is 12.4. The molecule has 0 unspecified atom stereocenters. The Labute approximate surface area is 259 Å². The summed E-state index contributed by atoms with van der Waals surface area (Å²) in [5.41, 5.74) is -1.08. The van der Waals surface area contributed by atoms with Gasteiger partial charge in [-0.3, -0.25) is 9.59 Å². The van der Waals surface area contributed by atoms with Gasteiger partial charge in [0, 0.05) is 0 Å². The molecule has 0 saturated carbocycles. The topological polar surface area (TPSA) is 52.6 Å². The number of carbonyl (C=O) groups excluding carboxylic acids is 2. The zero-order valence-corrected chi connectivity index (χ0v) is 25.9. The van der Waals surface area contributed by atoms with E-state index in [-0.39, 0.29) is 36.0 Å². The van der Waals surface area contributed by atoms with Crippen molar-refractivity contribution >= 4 is 41.5 Å². The fourth-order valence-electron chi connectivity index (χ4n) is 4.98. The van der Waals surface area contributed by atoms with E-state index in [1.54, 1.807) is 0 Å². The van der Waals surface area contributed by atoms with E-state index in [4.69, 9.17) is 9.47 Å². The molecule has 0 aromatic heterocycles. The molecule has 0 fully saturated rings. The van der Waals surface area contributed by atoms with Crippen LogP contribution in [0, 0.1) is 0 Å². The van der Waals surface area contributed by atoms with E-state index in [1.165, 1.54) is 116 Å². The van der Waals surface area contributed by atoms with Crippen molar-refractivity contribution in [1.29, 1.82) is 0 Å². The molecule has 0 aliphatic rings. The molecule has 0 atom stereocenters. The van der Waals surface area contributed by atoms with Crippen LogP contribution >= 0.6 is 0 Å². The van der Waals surface area contributed by atoms with Crippen LogP contribution in [0.1, 0.15) is 189 Å². The fraction of sp³-hybridized carbons (Fsp3) is 0.939. The predicted octanol–water partition coefficient (Wildman–Crippen LogP) is 9.99. The first-order valence-corrected chi connectivity index (χ1v) is 16.1. The second-order valence-electron chi connectivity index (χ2n) is 12.5. The van der Waals surface area contributed by atoms with Gasteiger partial charge in [-0.1, -0.05) is 129 Å². The van der Waals surface area contributed by atoms with Crippen LogP contribution in [-0.2, 0) is 19.1 Å². The van der Waals surface area contributed by atoms with Crippen LogP contribution < -0.4 is 0 Å². The van der Waals surface area contributed by atoms with Crippen molar-refractivity contribution < 1.29 is 19.1 Å². The number of esters is 2. The molecule has 0 saturated heterocycles. The van der Waals surface area contributed by atoms with Crippen molar-refractivity contribution in [3.63, 3.8) is 0 Å². The second kappa shape index (κ2) is 25.9. The van der Waals surface area contributed by atoms with Gasteiger partial charge < -0.3 is 9.47 Å². The summed E-state index contributed by atoms with van der Waals surface area (Å²) in [7, 11) is 0. The molecule has 0 N–H and O–H groups in total. The second-order valence-corrected chi connectivity index (χ2v) is 12.5. The minimum atomic E-state index is -0.539. The van der Waals surface area contributed by atoms with E-state index in [1.807, 2.05) is 27.7 Å². The van der Waals surface area contributed by atoms with Crippen molar-refractivity contribution in [3.05, 3.63) is 0 Å². The Bertz CT molecular complexity index is 511. The van der Waals surface area contributed by atoms with Crippen LogP contribution in [0.15, 0.2) is 0 Å². The van der Waals surface area contributed by atoms with Gasteiger partial charge in [0.2, 0.25) is 0 Å². The summed E-state index contributed by atoms with van der Waals surface area (Å²) in [6.07, 6.45) is 27.1. The standard InChI is InChI=1S/C33H64O4.Na.H/c1-7-9-11-13-15-17-19-21-23-25-27-32(3,4)36-30(34)29-31(35)37-33(5,6)28-26-24-22-20-18-16-14-12-10-8-2;;/h7-29H2,1-6H3;;. The van der Waals surface area contributed by atoms with Gasteiger partial charge in [0.05, 0.1) is 0 Å². The van der Waals surface area contributed by atoms with E-state index < -0.39 is 23.1 Å². The molecule has 0 heterocycles. The van der Waals surface area contributed by atoms with Gasteiger partial charge >= 0.3 is 41.5 Å². The van der Waals surface area contributed by atoms with Crippen molar-refractivity contribution in [2.24, 2.45) is 0 Å². The Morgan fingerprint density at radius 2 is 0.684 bits per heavy atom. The Kier molecular flexibility index (Phi) is 27.3. The van der Waals surface area contributed by atoms with E-state index >= 15 is 0 Å². The third-order valence-corrected chi connectivity index (χ3v) is 7.33. The maximum absolute atomic E-state index is 12.4. The average Bonchev–Trinajstić information content (AvgIpc) is 2.80. The molecule has 0 aliphatic heterocycles. The number of ether oxygens (including phenoxy) is 2. The SMILES string of the molecule is CCCCCCCCCCCCC(C)(C)OC(=O)CC(=O)OC(C)(C)CCCCCCCCCCCC.[NaH]. The van der Waals surface area contributed by atoms with E-state index in [2.05, 4.69) is 13.8 Å². The Morgan fingerprint density at radius 1 is 0.447 bits per heavy atom. The zero-order valence-electron chi connectivity index (χ0n) is 25.9. The van der Waals surface area contributed by atoms with Crippen LogP contribution in [0.2, 0.25) is 0 Å². The van der Waals surface area contributed by atoms with E-state index in [0.717, 1.165) is 25.7 Å². The molecular weight excluding hydrogens is 483 g/mol. The summed E-state index contributed by atoms with van der Waals surface area (Å²) in [5, 5.41) is 0. The van der Waals surface area contributed by atoms with Crippen LogP contribution in [0.3, 0.4) is 0 Å². The van der Waals surface area contributed by atoms with Crippen molar-refractivity contribution in [2.75, 3.05) is 0 Å². The van der Waals surface area contributed by atoms with Crippen LogP contribution in [-0.4, -0.2) is 52.7 Å².